The lowest BCUT2D eigenvalue weighted by atomic mass is 10.1. The second-order valence-electron chi connectivity index (χ2n) is 4.00. The lowest BCUT2D eigenvalue weighted by Crippen LogP contribution is -2.25. The summed E-state index contributed by atoms with van der Waals surface area (Å²) in [4.78, 5) is 0. The van der Waals surface area contributed by atoms with Crippen LogP contribution in [0.2, 0.25) is 0 Å². The summed E-state index contributed by atoms with van der Waals surface area (Å²) in [5.41, 5.74) is 0. The third-order valence-corrected chi connectivity index (χ3v) is 2.66. The fourth-order valence-electron chi connectivity index (χ4n) is 1.76. The molecule has 0 amide bonds. The highest BCUT2D eigenvalue weighted by Gasteiger charge is 2.14. The third kappa shape index (κ3) is 3.79. The van der Waals surface area contributed by atoms with Crippen LogP contribution in [0.25, 0.3) is 0 Å². The van der Waals surface area contributed by atoms with Crippen molar-refractivity contribution >= 4 is 0 Å². The Kier molecular flexibility index (Phi) is 4.45. The van der Waals surface area contributed by atoms with Crippen molar-refractivity contribution in [1.82, 2.24) is 0 Å². The zero-order chi connectivity index (χ0) is 11.9. The lowest BCUT2D eigenvalue weighted by Gasteiger charge is -2.23. The van der Waals surface area contributed by atoms with Crippen LogP contribution in [0, 0.1) is 0 Å². The molecule has 1 aliphatic heterocycles. The molecule has 0 N–H and O–H groups in total. The number of hydrogen-bond donors (Lipinski definition) is 0. The maximum atomic E-state index is 5.86. The van der Waals surface area contributed by atoms with Gasteiger partial charge in [0.1, 0.15) is 24.2 Å². The first-order valence-corrected chi connectivity index (χ1v) is 5.96. The Bertz CT molecular complexity index is 339. The van der Waals surface area contributed by atoms with Crippen molar-refractivity contribution in [3.8, 4) is 11.5 Å². The molecule has 0 spiro atoms. The molecule has 0 aliphatic carbocycles. The van der Waals surface area contributed by atoms with Crippen molar-refractivity contribution in [1.29, 1.82) is 0 Å². The second kappa shape index (κ2) is 6.30. The predicted octanol–water partition coefficient (Wildman–Crippen LogP) is 2.81. The average Bonchev–Trinajstić information content (AvgIpc) is 2.39. The van der Waals surface area contributed by atoms with Gasteiger partial charge in [0, 0.05) is 12.8 Å². The van der Waals surface area contributed by atoms with Gasteiger partial charge in [-0.1, -0.05) is 12.7 Å². The Morgan fingerprint density at radius 1 is 1.18 bits per heavy atom. The largest absolute Gasteiger partial charge is 0.490 e. The molecule has 1 aromatic carbocycles. The molecule has 0 bridgehead atoms. The van der Waals surface area contributed by atoms with Gasteiger partial charge >= 0.3 is 0 Å². The highest BCUT2D eigenvalue weighted by Crippen LogP contribution is 2.21. The maximum Gasteiger partial charge on any atom is 0.120 e. The van der Waals surface area contributed by atoms with Crippen molar-refractivity contribution in [3.63, 3.8) is 0 Å². The van der Waals surface area contributed by atoms with Crippen LogP contribution >= 0.6 is 0 Å². The molecule has 0 radical (unpaired) electrons. The van der Waals surface area contributed by atoms with Gasteiger partial charge in [-0.05, 0) is 24.3 Å². The fourth-order valence-corrected chi connectivity index (χ4v) is 1.76. The molecule has 1 aliphatic rings. The topological polar surface area (TPSA) is 27.7 Å². The van der Waals surface area contributed by atoms with Gasteiger partial charge in [-0.3, -0.25) is 0 Å². The van der Waals surface area contributed by atoms with E-state index in [-0.39, 0.29) is 6.10 Å². The molecule has 0 saturated carbocycles. The van der Waals surface area contributed by atoms with Gasteiger partial charge in [0.25, 0.3) is 0 Å². The summed E-state index contributed by atoms with van der Waals surface area (Å²) < 4.78 is 16.6. The second-order valence-corrected chi connectivity index (χ2v) is 4.00. The Balaban J connectivity index is 1.86. The number of rotatable bonds is 5. The lowest BCUT2D eigenvalue weighted by molar-refractivity contribution is 0.0255. The van der Waals surface area contributed by atoms with Crippen LogP contribution in [0.15, 0.2) is 36.9 Å². The van der Waals surface area contributed by atoms with E-state index in [0.717, 1.165) is 37.6 Å². The molecule has 2 rings (SSSR count). The average molecular weight is 234 g/mol. The molecule has 17 heavy (non-hydrogen) atoms. The van der Waals surface area contributed by atoms with Gasteiger partial charge in [-0.2, -0.15) is 0 Å². The van der Waals surface area contributed by atoms with Crippen LogP contribution in [-0.2, 0) is 4.74 Å². The van der Waals surface area contributed by atoms with E-state index < -0.39 is 0 Å². The first kappa shape index (κ1) is 12.0. The monoisotopic (exact) mass is 234 g/mol. The quantitative estimate of drug-likeness (QED) is 0.733. The standard InChI is InChI=1S/C14H18O3/c1-2-9-16-12-3-5-13(6-4-12)17-14-7-10-15-11-8-14/h2-6,14H,1,7-11H2. The van der Waals surface area contributed by atoms with Gasteiger partial charge in [0.2, 0.25) is 0 Å². The number of hydrogen-bond acceptors (Lipinski definition) is 3. The van der Waals surface area contributed by atoms with Crippen LogP contribution in [-0.4, -0.2) is 25.9 Å². The first-order chi connectivity index (χ1) is 8.38. The highest BCUT2D eigenvalue weighted by molar-refractivity contribution is 5.31. The summed E-state index contributed by atoms with van der Waals surface area (Å²) in [6.07, 6.45) is 3.94. The predicted molar refractivity (Wildman–Crippen MR) is 66.6 cm³/mol. The van der Waals surface area contributed by atoms with E-state index in [4.69, 9.17) is 14.2 Å². The minimum Gasteiger partial charge on any atom is -0.490 e. The molecule has 3 heteroatoms. The molecule has 0 aromatic heterocycles. The number of benzene rings is 1. The zero-order valence-corrected chi connectivity index (χ0v) is 9.93. The van der Waals surface area contributed by atoms with Crippen molar-refractivity contribution in [3.05, 3.63) is 36.9 Å². The Morgan fingerprint density at radius 3 is 2.47 bits per heavy atom. The summed E-state index contributed by atoms with van der Waals surface area (Å²) in [5, 5.41) is 0. The van der Waals surface area contributed by atoms with Crippen molar-refractivity contribution in [2.45, 2.75) is 18.9 Å². The molecule has 0 atom stereocenters. The van der Waals surface area contributed by atoms with E-state index in [1.807, 2.05) is 24.3 Å². The van der Waals surface area contributed by atoms with Crippen LogP contribution in [0.1, 0.15) is 12.8 Å². The maximum absolute atomic E-state index is 5.86. The van der Waals surface area contributed by atoms with Crippen LogP contribution in [0.5, 0.6) is 11.5 Å². The Hall–Kier alpha value is -1.48. The normalized spacial score (nSPS) is 16.5. The minimum atomic E-state index is 0.281. The molecule has 1 fully saturated rings. The van der Waals surface area contributed by atoms with Gasteiger partial charge in [-0.25, -0.2) is 0 Å². The first-order valence-electron chi connectivity index (χ1n) is 5.96. The Morgan fingerprint density at radius 2 is 1.82 bits per heavy atom. The molecule has 1 heterocycles. The van der Waals surface area contributed by atoms with Crippen LogP contribution in [0.3, 0.4) is 0 Å². The van der Waals surface area contributed by atoms with Crippen molar-refractivity contribution in [2.24, 2.45) is 0 Å². The molecule has 1 saturated heterocycles. The van der Waals surface area contributed by atoms with E-state index in [1.54, 1.807) is 6.08 Å². The summed E-state index contributed by atoms with van der Waals surface area (Å²) in [5.74, 6) is 1.73. The highest BCUT2D eigenvalue weighted by atomic mass is 16.5. The summed E-state index contributed by atoms with van der Waals surface area (Å²) in [6.45, 7) is 5.73. The summed E-state index contributed by atoms with van der Waals surface area (Å²) >= 11 is 0. The third-order valence-electron chi connectivity index (χ3n) is 2.66. The molecule has 0 unspecified atom stereocenters. The molecular weight excluding hydrogens is 216 g/mol. The molecule has 3 nitrogen and oxygen atoms in total. The van der Waals surface area contributed by atoms with E-state index in [2.05, 4.69) is 6.58 Å². The molecular formula is C14H18O3. The van der Waals surface area contributed by atoms with Gasteiger partial charge < -0.3 is 14.2 Å². The SMILES string of the molecule is C=CCOc1ccc(OC2CCOCC2)cc1. The van der Waals surface area contributed by atoms with Crippen molar-refractivity contribution in [2.75, 3.05) is 19.8 Å². The van der Waals surface area contributed by atoms with E-state index in [1.165, 1.54) is 0 Å². The smallest absolute Gasteiger partial charge is 0.120 e. The zero-order valence-electron chi connectivity index (χ0n) is 9.93. The van der Waals surface area contributed by atoms with Gasteiger partial charge in [-0.15, -0.1) is 0 Å². The number of ether oxygens (including phenoxy) is 3. The fraction of sp³-hybridized carbons (Fsp3) is 0.429. The van der Waals surface area contributed by atoms with Crippen molar-refractivity contribution < 1.29 is 14.2 Å². The Labute approximate surface area is 102 Å². The van der Waals surface area contributed by atoms with Gasteiger partial charge in [0.15, 0.2) is 0 Å². The summed E-state index contributed by atoms with van der Waals surface area (Å²) in [6, 6.07) is 7.71. The van der Waals surface area contributed by atoms with E-state index in [0.29, 0.717) is 6.61 Å². The van der Waals surface area contributed by atoms with E-state index >= 15 is 0 Å². The van der Waals surface area contributed by atoms with Gasteiger partial charge in [0.05, 0.1) is 13.2 Å². The molecule has 1 aromatic rings. The minimum absolute atomic E-state index is 0.281. The van der Waals surface area contributed by atoms with E-state index in [9.17, 15) is 0 Å². The van der Waals surface area contributed by atoms with Crippen LogP contribution in [0.4, 0.5) is 0 Å². The molecule has 92 valence electrons. The summed E-state index contributed by atoms with van der Waals surface area (Å²) in [7, 11) is 0. The van der Waals surface area contributed by atoms with Crippen LogP contribution < -0.4 is 9.47 Å².